The molecule has 0 saturated carbocycles. The predicted molar refractivity (Wildman–Crippen MR) is 84.5 cm³/mol. The van der Waals surface area contributed by atoms with Crippen LogP contribution in [0.3, 0.4) is 0 Å². The van der Waals surface area contributed by atoms with Gasteiger partial charge >= 0.3 is 0 Å². The Balaban J connectivity index is 1.98. The van der Waals surface area contributed by atoms with Crippen LogP contribution in [-0.2, 0) is 6.54 Å². The zero-order valence-electron chi connectivity index (χ0n) is 12.3. The van der Waals surface area contributed by atoms with Crippen molar-refractivity contribution in [3.05, 3.63) is 77.4 Å². The van der Waals surface area contributed by atoms with E-state index >= 15 is 0 Å². The highest BCUT2D eigenvalue weighted by Crippen LogP contribution is 2.44. The van der Waals surface area contributed by atoms with E-state index in [1.54, 1.807) is 36.1 Å². The first-order valence-electron chi connectivity index (χ1n) is 7.28. The fourth-order valence-electron chi connectivity index (χ4n) is 3.52. The summed E-state index contributed by atoms with van der Waals surface area (Å²) in [4.78, 5) is 27.6. The van der Waals surface area contributed by atoms with Crippen LogP contribution in [0.2, 0.25) is 0 Å². The molecule has 22 heavy (non-hydrogen) atoms. The van der Waals surface area contributed by atoms with Crippen molar-refractivity contribution in [1.29, 1.82) is 0 Å². The number of ketones is 1. The van der Waals surface area contributed by atoms with Crippen LogP contribution in [0.5, 0.6) is 0 Å². The van der Waals surface area contributed by atoms with E-state index in [-0.39, 0.29) is 11.7 Å². The highest BCUT2D eigenvalue weighted by Gasteiger charge is 2.52. The molecule has 0 N–H and O–H groups in total. The van der Waals surface area contributed by atoms with Crippen molar-refractivity contribution in [3.8, 4) is 0 Å². The standard InChI is InChI=1S/C19H15NO2/c1-12-14-8-4-3-7-13(14)11-20-18(22)16-10-6-5-9-15(16)17(21)19(12,20)2/h3-10H,1,11H2,2H3. The average molecular weight is 289 g/mol. The Bertz CT molecular complexity index is 852. The largest absolute Gasteiger partial charge is 0.317 e. The van der Waals surface area contributed by atoms with Crippen LogP contribution in [0, 0.1) is 0 Å². The van der Waals surface area contributed by atoms with E-state index < -0.39 is 5.54 Å². The summed E-state index contributed by atoms with van der Waals surface area (Å²) in [6.45, 7) is 6.40. The molecular formula is C19H15NO2. The van der Waals surface area contributed by atoms with Crippen LogP contribution in [-0.4, -0.2) is 22.1 Å². The molecule has 0 bridgehead atoms. The molecule has 1 atom stereocenters. The van der Waals surface area contributed by atoms with Crippen LogP contribution in [0.15, 0.2) is 55.1 Å². The third-order valence-corrected chi connectivity index (χ3v) is 4.89. The SMILES string of the molecule is C=C1c2ccccc2CN2C(=O)c3ccccc3C(=O)C12C. The Morgan fingerprint density at radius 3 is 2.27 bits per heavy atom. The van der Waals surface area contributed by atoms with Gasteiger partial charge in [0.15, 0.2) is 5.78 Å². The second kappa shape index (κ2) is 4.17. The molecule has 0 radical (unpaired) electrons. The number of Topliss-reactive ketones (excluding diaryl/α,β-unsaturated/α-hetero) is 1. The molecule has 0 aromatic heterocycles. The average Bonchev–Trinajstić information content (AvgIpc) is 2.56. The molecule has 2 aromatic rings. The maximum Gasteiger partial charge on any atom is 0.255 e. The van der Waals surface area contributed by atoms with Gasteiger partial charge in [-0.05, 0) is 29.7 Å². The van der Waals surface area contributed by atoms with Crippen LogP contribution in [0.4, 0.5) is 0 Å². The predicted octanol–water partition coefficient (Wildman–Crippen LogP) is 3.31. The molecule has 2 aliphatic rings. The number of carbonyl (C=O) groups excluding carboxylic acids is 2. The molecule has 0 aliphatic carbocycles. The first-order chi connectivity index (χ1) is 10.5. The van der Waals surface area contributed by atoms with Gasteiger partial charge in [-0.1, -0.05) is 49.0 Å². The van der Waals surface area contributed by atoms with Crippen molar-refractivity contribution >= 4 is 17.3 Å². The third kappa shape index (κ3) is 1.40. The van der Waals surface area contributed by atoms with Gasteiger partial charge in [-0.15, -0.1) is 0 Å². The number of hydrogen-bond acceptors (Lipinski definition) is 2. The number of benzene rings is 2. The Morgan fingerprint density at radius 2 is 1.55 bits per heavy atom. The zero-order valence-corrected chi connectivity index (χ0v) is 12.3. The lowest BCUT2D eigenvalue weighted by Gasteiger charge is -2.48. The van der Waals surface area contributed by atoms with Gasteiger partial charge in [-0.2, -0.15) is 0 Å². The Labute approximate surface area is 128 Å². The monoisotopic (exact) mass is 289 g/mol. The van der Waals surface area contributed by atoms with E-state index in [4.69, 9.17) is 0 Å². The second-order valence-electron chi connectivity index (χ2n) is 5.97. The number of hydrogen-bond donors (Lipinski definition) is 0. The Morgan fingerprint density at radius 1 is 0.955 bits per heavy atom. The summed E-state index contributed by atoms with van der Waals surface area (Å²) in [6.07, 6.45) is 0. The van der Waals surface area contributed by atoms with E-state index in [1.807, 2.05) is 24.3 Å². The van der Waals surface area contributed by atoms with E-state index in [1.165, 1.54) is 0 Å². The lowest BCUT2D eigenvalue weighted by Crippen LogP contribution is -2.60. The fraction of sp³-hybridized carbons (Fsp3) is 0.158. The summed E-state index contributed by atoms with van der Waals surface area (Å²) in [5.41, 5.74) is 2.68. The van der Waals surface area contributed by atoms with Gasteiger partial charge in [-0.3, -0.25) is 9.59 Å². The smallest absolute Gasteiger partial charge is 0.255 e. The molecule has 1 amide bonds. The number of amides is 1. The lowest BCUT2D eigenvalue weighted by molar-refractivity contribution is 0.0475. The molecule has 4 rings (SSSR count). The van der Waals surface area contributed by atoms with E-state index in [2.05, 4.69) is 6.58 Å². The number of fused-ring (bicyclic) bond motifs is 3. The number of carbonyl (C=O) groups is 2. The quantitative estimate of drug-likeness (QED) is 0.746. The first-order valence-corrected chi connectivity index (χ1v) is 7.28. The van der Waals surface area contributed by atoms with E-state index in [0.29, 0.717) is 23.2 Å². The second-order valence-corrected chi connectivity index (χ2v) is 5.97. The van der Waals surface area contributed by atoms with Crippen LogP contribution in [0.25, 0.3) is 5.57 Å². The minimum Gasteiger partial charge on any atom is -0.317 e. The molecule has 0 fully saturated rings. The highest BCUT2D eigenvalue weighted by molar-refractivity contribution is 6.22. The van der Waals surface area contributed by atoms with Gasteiger partial charge in [-0.25, -0.2) is 0 Å². The van der Waals surface area contributed by atoms with Crippen LogP contribution >= 0.6 is 0 Å². The van der Waals surface area contributed by atoms with Gasteiger partial charge in [0.1, 0.15) is 5.54 Å². The molecular weight excluding hydrogens is 274 g/mol. The molecule has 2 aliphatic heterocycles. The van der Waals surface area contributed by atoms with Gasteiger partial charge in [0.25, 0.3) is 5.91 Å². The van der Waals surface area contributed by atoms with Gasteiger partial charge < -0.3 is 4.90 Å². The van der Waals surface area contributed by atoms with Crippen LogP contribution < -0.4 is 0 Å². The normalized spacial score (nSPS) is 23.0. The maximum absolute atomic E-state index is 13.1. The minimum absolute atomic E-state index is 0.0535. The first kappa shape index (κ1) is 13.0. The Kier molecular flexibility index (Phi) is 2.46. The van der Waals surface area contributed by atoms with Crippen molar-refractivity contribution in [2.45, 2.75) is 19.0 Å². The number of rotatable bonds is 0. The number of nitrogens with zero attached hydrogens (tertiary/aromatic N) is 1. The summed E-state index contributed by atoms with van der Waals surface area (Å²) in [7, 11) is 0. The lowest BCUT2D eigenvalue weighted by atomic mass is 9.72. The van der Waals surface area contributed by atoms with E-state index in [9.17, 15) is 9.59 Å². The van der Waals surface area contributed by atoms with Gasteiger partial charge in [0.2, 0.25) is 0 Å². The van der Waals surface area contributed by atoms with E-state index in [0.717, 1.165) is 11.1 Å². The molecule has 1 unspecified atom stereocenters. The van der Waals surface area contributed by atoms with Crippen molar-refractivity contribution in [1.82, 2.24) is 4.90 Å². The summed E-state index contributed by atoms with van der Waals surface area (Å²) < 4.78 is 0. The topological polar surface area (TPSA) is 37.4 Å². The van der Waals surface area contributed by atoms with Crippen molar-refractivity contribution in [2.24, 2.45) is 0 Å². The minimum atomic E-state index is -1.00. The Hall–Kier alpha value is -2.68. The fourth-order valence-corrected chi connectivity index (χ4v) is 3.52. The molecule has 2 aromatic carbocycles. The zero-order chi connectivity index (χ0) is 15.5. The molecule has 2 heterocycles. The van der Waals surface area contributed by atoms with Crippen molar-refractivity contribution < 1.29 is 9.59 Å². The van der Waals surface area contributed by atoms with Crippen LogP contribution in [0.1, 0.15) is 38.8 Å². The summed E-state index contributed by atoms with van der Waals surface area (Å²) in [5.74, 6) is -0.157. The molecule has 3 heteroatoms. The maximum atomic E-state index is 13.1. The molecule has 3 nitrogen and oxygen atoms in total. The summed E-state index contributed by atoms with van der Waals surface area (Å²) in [6, 6.07) is 14.9. The highest BCUT2D eigenvalue weighted by atomic mass is 16.2. The molecule has 0 saturated heterocycles. The molecule has 108 valence electrons. The van der Waals surface area contributed by atoms with Crippen molar-refractivity contribution in [2.75, 3.05) is 0 Å². The summed E-state index contributed by atoms with van der Waals surface area (Å²) in [5, 5.41) is 0. The van der Waals surface area contributed by atoms with Crippen molar-refractivity contribution in [3.63, 3.8) is 0 Å². The van der Waals surface area contributed by atoms with Gasteiger partial charge in [0.05, 0.1) is 5.56 Å². The summed E-state index contributed by atoms with van der Waals surface area (Å²) >= 11 is 0. The third-order valence-electron chi connectivity index (χ3n) is 4.89. The molecule has 0 spiro atoms. The van der Waals surface area contributed by atoms with Gasteiger partial charge in [0, 0.05) is 12.1 Å².